The lowest BCUT2D eigenvalue weighted by molar-refractivity contribution is 0.0973. The van der Waals surface area contributed by atoms with Gasteiger partial charge in [0.25, 0.3) is 0 Å². The highest BCUT2D eigenvalue weighted by Crippen LogP contribution is 2.27. The van der Waals surface area contributed by atoms with E-state index in [0.29, 0.717) is 29.6 Å². The SMILES string of the molecule is Cc1ccc2c3c(c(=O)oc2c1)CCCC3=O. The van der Waals surface area contributed by atoms with Crippen LogP contribution in [0.25, 0.3) is 11.0 Å². The van der Waals surface area contributed by atoms with Gasteiger partial charge in [0, 0.05) is 22.9 Å². The van der Waals surface area contributed by atoms with Crippen molar-refractivity contribution in [2.45, 2.75) is 26.2 Å². The highest BCUT2D eigenvalue weighted by Gasteiger charge is 2.23. The summed E-state index contributed by atoms with van der Waals surface area (Å²) in [6.07, 6.45) is 1.92. The molecule has 0 amide bonds. The fraction of sp³-hybridized carbons (Fsp3) is 0.286. The van der Waals surface area contributed by atoms with E-state index in [1.54, 1.807) is 6.07 Å². The Morgan fingerprint density at radius 3 is 2.82 bits per heavy atom. The van der Waals surface area contributed by atoms with Gasteiger partial charge in [-0.15, -0.1) is 0 Å². The van der Waals surface area contributed by atoms with Crippen LogP contribution in [-0.4, -0.2) is 5.78 Å². The normalized spacial score (nSPS) is 15.0. The van der Waals surface area contributed by atoms with E-state index in [1.807, 2.05) is 19.1 Å². The van der Waals surface area contributed by atoms with Crippen LogP contribution in [0.1, 0.15) is 34.3 Å². The summed E-state index contributed by atoms with van der Waals surface area (Å²) in [6, 6.07) is 5.61. The highest BCUT2D eigenvalue weighted by atomic mass is 16.4. The Balaban J connectivity index is 2.48. The number of carbonyl (C=O) groups excluding carboxylic acids is 1. The molecule has 0 bridgehead atoms. The summed E-state index contributed by atoms with van der Waals surface area (Å²) in [4.78, 5) is 23.8. The molecule has 1 aromatic heterocycles. The van der Waals surface area contributed by atoms with Crippen molar-refractivity contribution >= 4 is 16.8 Å². The predicted octanol–water partition coefficient (Wildman–Crippen LogP) is 2.62. The number of Topliss-reactive ketones (excluding diaryl/α,β-unsaturated/α-hetero) is 1. The zero-order valence-electron chi connectivity index (χ0n) is 9.58. The molecule has 0 saturated heterocycles. The Morgan fingerprint density at radius 2 is 2.00 bits per heavy atom. The molecule has 0 spiro atoms. The molecule has 1 aromatic carbocycles. The summed E-state index contributed by atoms with van der Waals surface area (Å²) >= 11 is 0. The molecule has 1 heterocycles. The first-order valence-electron chi connectivity index (χ1n) is 5.76. The average molecular weight is 228 g/mol. The summed E-state index contributed by atoms with van der Waals surface area (Å²) in [5.41, 5.74) is 2.32. The third kappa shape index (κ3) is 1.50. The maximum atomic E-state index is 12.0. The highest BCUT2D eigenvalue weighted by molar-refractivity contribution is 6.08. The fourth-order valence-electron chi connectivity index (χ4n) is 2.44. The number of rotatable bonds is 0. The minimum absolute atomic E-state index is 0.0630. The Labute approximate surface area is 98.1 Å². The zero-order valence-corrected chi connectivity index (χ0v) is 9.58. The Hall–Kier alpha value is -1.90. The Bertz CT molecular complexity index is 680. The van der Waals surface area contributed by atoms with Crippen molar-refractivity contribution in [3.63, 3.8) is 0 Å². The smallest absolute Gasteiger partial charge is 0.340 e. The van der Waals surface area contributed by atoms with Crippen molar-refractivity contribution in [2.24, 2.45) is 0 Å². The minimum Gasteiger partial charge on any atom is -0.422 e. The number of fused-ring (bicyclic) bond motifs is 3. The van der Waals surface area contributed by atoms with Crippen LogP contribution < -0.4 is 5.63 Å². The van der Waals surface area contributed by atoms with E-state index in [1.165, 1.54) is 0 Å². The van der Waals surface area contributed by atoms with Crippen molar-refractivity contribution in [3.8, 4) is 0 Å². The van der Waals surface area contributed by atoms with Gasteiger partial charge >= 0.3 is 5.63 Å². The van der Waals surface area contributed by atoms with Crippen LogP contribution in [-0.2, 0) is 6.42 Å². The summed E-state index contributed by atoms with van der Waals surface area (Å²) < 4.78 is 5.28. The second-order valence-electron chi connectivity index (χ2n) is 4.52. The molecule has 1 aliphatic rings. The van der Waals surface area contributed by atoms with E-state index in [2.05, 4.69) is 0 Å². The van der Waals surface area contributed by atoms with E-state index >= 15 is 0 Å². The molecule has 0 N–H and O–H groups in total. The largest absolute Gasteiger partial charge is 0.422 e. The summed E-state index contributed by atoms with van der Waals surface area (Å²) in [5, 5.41) is 0.773. The molecule has 3 heteroatoms. The zero-order chi connectivity index (χ0) is 12.0. The maximum Gasteiger partial charge on any atom is 0.340 e. The van der Waals surface area contributed by atoms with E-state index < -0.39 is 0 Å². The molecule has 17 heavy (non-hydrogen) atoms. The third-order valence-electron chi connectivity index (χ3n) is 3.27. The van der Waals surface area contributed by atoms with Crippen molar-refractivity contribution < 1.29 is 9.21 Å². The summed E-state index contributed by atoms with van der Waals surface area (Å²) in [7, 11) is 0. The molecule has 3 nitrogen and oxygen atoms in total. The quantitative estimate of drug-likeness (QED) is 0.651. The van der Waals surface area contributed by atoms with Crippen molar-refractivity contribution in [1.29, 1.82) is 0 Å². The second-order valence-corrected chi connectivity index (χ2v) is 4.52. The van der Waals surface area contributed by atoms with Crippen molar-refractivity contribution in [2.75, 3.05) is 0 Å². The predicted molar refractivity (Wildman–Crippen MR) is 64.5 cm³/mol. The summed E-state index contributed by atoms with van der Waals surface area (Å²) in [6.45, 7) is 1.93. The molecule has 0 atom stereocenters. The number of hydrogen-bond donors (Lipinski definition) is 0. The minimum atomic E-state index is -0.355. The van der Waals surface area contributed by atoms with E-state index in [0.717, 1.165) is 17.4 Å². The van der Waals surface area contributed by atoms with Crippen LogP contribution in [0.3, 0.4) is 0 Å². The number of aryl methyl sites for hydroxylation is 1. The van der Waals surface area contributed by atoms with Gasteiger partial charge in [-0.3, -0.25) is 4.79 Å². The van der Waals surface area contributed by atoms with Crippen LogP contribution in [0.2, 0.25) is 0 Å². The van der Waals surface area contributed by atoms with Gasteiger partial charge in [-0.25, -0.2) is 4.79 Å². The number of benzene rings is 1. The molecule has 0 fully saturated rings. The molecule has 2 aromatic rings. The fourth-order valence-corrected chi connectivity index (χ4v) is 2.44. The van der Waals surface area contributed by atoms with E-state index in [-0.39, 0.29) is 11.4 Å². The Kier molecular flexibility index (Phi) is 2.15. The summed E-state index contributed by atoms with van der Waals surface area (Å²) in [5.74, 6) is 0.0630. The molecular formula is C14H12O3. The number of ketones is 1. The second kappa shape index (κ2) is 3.55. The molecule has 3 rings (SSSR count). The van der Waals surface area contributed by atoms with Gasteiger partial charge in [0.2, 0.25) is 0 Å². The molecule has 0 aliphatic heterocycles. The van der Waals surface area contributed by atoms with Crippen LogP contribution >= 0.6 is 0 Å². The molecule has 0 saturated carbocycles. The van der Waals surface area contributed by atoms with Crippen LogP contribution in [0.4, 0.5) is 0 Å². The van der Waals surface area contributed by atoms with Gasteiger partial charge in [0.15, 0.2) is 5.78 Å². The van der Waals surface area contributed by atoms with Gasteiger partial charge in [-0.05, 0) is 31.4 Å². The first kappa shape index (κ1) is 10.3. The topological polar surface area (TPSA) is 47.3 Å². The van der Waals surface area contributed by atoms with Gasteiger partial charge in [0.1, 0.15) is 5.58 Å². The van der Waals surface area contributed by atoms with E-state index in [9.17, 15) is 9.59 Å². The van der Waals surface area contributed by atoms with Gasteiger partial charge < -0.3 is 4.42 Å². The lowest BCUT2D eigenvalue weighted by Gasteiger charge is -2.14. The first-order valence-corrected chi connectivity index (χ1v) is 5.76. The first-order chi connectivity index (χ1) is 8.16. The van der Waals surface area contributed by atoms with Gasteiger partial charge in [0.05, 0.1) is 0 Å². The van der Waals surface area contributed by atoms with Gasteiger partial charge in [-0.1, -0.05) is 12.1 Å². The van der Waals surface area contributed by atoms with Crippen molar-refractivity contribution in [3.05, 3.63) is 45.3 Å². The van der Waals surface area contributed by atoms with Crippen LogP contribution in [0.5, 0.6) is 0 Å². The third-order valence-corrected chi connectivity index (χ3v) is 3.27. The van der Waals surface area contributed by atoms with Crippen LogP contribution in [0.15, 0.2) is 27.4 Å². The van der Waals surface area contributed by atoms with Crippen molar-refractivity contribution in [1.82, 2.24) is 0 Å². The molecule has 1 aliphatic carbocycles. The van der Waals surface area contributed by atoms with E-state index in [4.69, 9.17) is 4.42 Å². The maximum absolute atomic E-state index is 12.0. The molecule has 86 valence electrons. The average Bonchev–Trinajstić information content (AvgIpc) is 2.29. The molecular weight excluding hydrogens is 216 g/mol. The molecule has 0 radical (unpaired) electrons. The Morgan fingerprint density at radius 1 is 1.18 bits per heavy atom. The van der Waals surface area contributed by atoms with Gasteiger partial charge in [-0.2, -0.15) is 0 Å². The standard InChI is InChI=1S/C14H12O3/c1-8-5-6-9-12(7-8)17-14(16)10-3-2-4-11(15)13(9)10/h5-7H,2-4H2,1H3. The number of carbonyl (C=O) groups is 1. The van der Waals surface area contributed by atoms with Crippen LogP contribution in [0, 0.1) is 6.92 Å². The molecule has 0 unspecified atom stereocenters. The lowest BCUT2D eigenvalue weighted by Crippen LogP contribution is -2.20. The monoisotopic (exact) mass is 228 g/mol. The number of hydrogen-bond acceptors (Lipinski definition) is 3. The lowest BCUT2D eigenvalue weighted by atomic mass is 9.89.